The first-order valence-electron chi connectivity index (χ1n) is 8.74. The van der Waals surface area contributed by atoms with Crippen LogP contribution in [0.15, 0.2) is 60.3 Å². The van der Waals surface area contributed by atoms with Gasteiger partial charge in [0.05, 0.1) is 5.56 Å². The minimum Gasteiger partial charge on any atom is -0.331 e. The molecule has 0 fully saturated rings. The molecule has 6 heteroatoms. The maximum Gasteiger partial charge on any atom is 0.262 e. The Labute approximate surface area is 161 Å². The van der Waals surface area contributed by atoms with Crippen LogP contribution in [-0.2, 0) is 4.79 Å². The smallest absolute Gasteiger partial charge is 0.262 e. The highest BCUT2D eigenvalue weighted by Crippen LogP contribution is 2.19. The maximum atomic E-state index is 13.8. The van der Waals surface area contributed by atoms with Crippen LogP contribution < -0.4 is 5.32 Å². The lowest BCUT2D eigenvalue weighted by Crippen LogP contribution is -2.54. The second-order valence-corrected chi connectivity index (χ2v) is 6.66. The fraction of sp³-hybridized carbons (Fsp3) is 0.182. The first-order chi connectivity index (χ1) is 13.4. The van der Waals surface area contributed by atoms with Crippen LogP contribution in [0.1, 0.15) is 29.8 Å². The Hall–Kier alpha value is -3.46. The highest BCUT2D eigenvalue weighted by atomic mass is 19.1. The fourth-order valence-electron chi connectivity index (χ4n) is 2.78. The van der Waals surface area contributed by atoms with Crippen molar-refractivity contribution < 1.29 is 18.4 Å². The molecule has 0 saturated carbocycles. The monoisotopic (exact) mass is 380 g/mol. The maximum absolute atomic E-state index is 13.8. The third-order valence-corrected chi connectivity index (χ3v) is 4.24. The van der Waals surface area contributed by atoms with Crippen LogP contribution in [-0.4, -0.2) is 22.9 Å². The van der Waals surface area contributed by atoms with E-state index in [1.165, 1.54) is 17.2 Å². The SMILES string of the molecule is CC(C)[C@H]1NC(=O)C(C#Cc2ccc(F)cc2F)=CN1C(=O)c1ccccc1. The van der Waals surface area contributed by atoms with Crippen molar-refractivity contribution in [2.75, 3.05) is 0 Å². The van der Waals surface area contributed by atoms with Gasteiger partial charge in [0.1, 0.15) is 23.4 Å². The first-order valence-corrected chi connectivity index (χ1v) is 8.74. The Morgan fingerprint density at radius 1 is 1.11 bits per heavy atom. The van der Waals surface area contributed by atoms with E-state index in [4.69, 9.17) is 0 Å². The number of hydrogen-bond acceptors (Lipinski definition) is 2. The number of nitrogens with zero attached hydrogens (tertiary/aromatic N) is 1. The van der Waals surface area contributed by atoms with E-state index in [0.29, 0.717) is 5.56 Å². The second-order valence-electron chi connectivity index (χ2n) is 6.66. The summed E-state index contributed by atoms with van der Waals surface area (Å²) in [5.41, 5.74) is 0.448. The van der Waals surface area contributed by atoms with E-state index in [2.05, 4.69) is 17.2 Å². The van der Waals surface area contributed by atoms with E-state index in [1.807, 2.05) is 13.8 Å². The van der Waals surface area contributed by atoms with Crippen LogP contribution in [0.3, 0.4) is 0 Å². The summed E-state index contributed by atoms with van der Waals surface area (Å²) in [6.45, 7) is 3.77. The van der Waals surface area contributed by atoms with Crippen LogP contribution in [0.25, 0.3) is 0 Å². The van der Waals surface area contributed by atoms with Gasteiger partial charge in [0, 0.05) is 17.8 Å². The molecule has 1 aliphatic rings. The molecule has 4 nitrogen and oxygen atoms in total. The van der Waals surface area contributed by atoms with E-state index in [-0.39, 0.29) is 23.0 Å². The third-order valence-electron chi connectivity index (χ3n) is 4.24. The minimum absolute atomic E-state index is 0.0184. The largest absolute Gasteiger partial charge is 0.331 e. The lowest BCUT2D eigenvalue weighted by molar-refractivity contribution is -0.119. The molecule has 0 aliphatic carbocycles. The topological polar surface area (TPSA) is 49.4 Å². The average Bonchev–Trinajstić information content (AvgIpc) is 2.68. The van der Waals surface area contributed by atoms with Crippen molar-refractivity contribution in [1.82, 2.24) is 10.2 Å². The van der Waals surface area contributed by atoms with Gasteiger partial charge < -0.3 is 5.32 Å². The molecule has 1 heterocycles. The van der Waals surface area contributed by atoms with Gasteiger partial charge in [-0.25, -0.2) is 8.78 Å². The Kier molecular flexibility index (Phi) is 5.55. The summed E-state index contributed by atoms with van der Waals surface area (Å²) in [5.74, 6) is 2.80. The first kappa shape index (κ1) is 19.3. The number of benzene rings is 2. The van der Waals surface area contributed by atoms with E-state index >= 15 is 0 Å². The van der Waals surface area contributed by atoms with Gasteiger partial charge >= 0.3 is 0 Å². The van der Waals surface area contributed by atoms with Crippen molar-refractivity contribution in [3.05, 3.63) is 83.1 Å². The zero-order chi connectivity index (χ0) is 20.3. The van der Waals surface area contributed by atoms with Crippen LogP contribution in [0, 0.1) is 29.4 Å². The number of nitrogens with one attached hydrogen (secondary N) is 1. The molecular formula is C22H18F2N2O2. The Bertz CT molecular complexity index is 1000. The summed E-state index contributed by atoms with van der Waals surface area (Å²) in [6, 6.07) is 11.7. The van der Waals surface area contributed by atoms with E-state index in [1.54, 1.807) is 30.3 Å². The van der Waals surface area contributed by atoms with Gasteiger partial charge in [0.2, 0.25) is 0 Å². The zero-order valence-corrected chi connectivity index (χ0v) is 15.4. The molecule has 1 aliphatic heterocycles. The van der Waals surface area contributed by atoms with Crippen LogP contribution >= 0.6 is 0 Å². The number of carbonyl (C=O) groups excluding carboxylic acids is 2. The number of halogens is 2. The predicted molar refractivity (Wildman–Crippen MR) is 101 cm³/mol. The quantitative estimate of drug-likeness (QED) is 0.812. The molecule has 0 spiro atoms. The molecule has 0 aromatic heterocycles. The Morgan fingerprint density at radius 2 is 1.82 bits per heavy atom. The lowest BCUT2D eigenvalue weighted by Gasteiger charge is -2.35. The molecule has 1 atom stereocenters. The van der Waals surface area contributed by atoms with Crippen LogP contribution in [0.4, 0.5) is 8.78 Å². The molecule has 2 amide bonds. The third kappa shape index (κ3) is 4.09. The number of hydrogen-bond donors (Lipinski definition) is 1. The second kappa shape index (κ2) is 8.05. The minimum atomic E-state index is -0.818. The normalized spacial score (nSPS) is 16.2. The van der Waals surface area contributed by atoms with Gasteiger partial charge in [0.15, 0.2) is 0 Å². The molecular weight excluding hydrogens is 362 g/mol. The van der Waals surface area contributed by atoms with Crippen LogP contribution in [0.5, 0.6) is 0 Å². The molecule has 3 rings (SSSR count). The van der Waals surface area contributed by atoms with Crippen molar-refractivity contribution in [3.63, 3.8) is 0 Å². The average molecular weight is 380 g/mol. The molecule has 2 aromatic carbocycles. The summed E-state index contributed by atoms with van der Waals surface area (Å²) in [5, 5.41) is 2.77. The number of carbonyl (C=O) groups is 2. The van der Waals surface area contributed by atoms with Gasteiger partial charge in [-0.05, 0) is 30.2 Å². The Balaban J connectivity index is 1.98. The molecule has 0 radical (unpaired) electrons. The van der Waals surface area contributed by atoms with Crippen molar-refractivity contribution in [2.24, 2.45) is 5.92 Å². The Morgan fingerprint density at radius 3 is 2.46 bits per heavy atom. The van der Waals surface area contributed by atoms with Crippen molar-refractivity contribution >= 4 is 11.8 Å². The highest BCUT2D eigenvalue weighted by Gasteiger charge is 2.32. The van der Waals surface area contributed by atoms with E-state index in [0.717, 1.165) is 12.1 Å². The highest BCUT2D eigenvalue weighted by molar-refractivity contribution is 6.02. The van der Waals surface area contributed by atoms with E-state index < -0.39 is 23.7 Å². The molecule has 2 aromatic rings. The van der Waals surface area contributed by atoms with Crippen LogP contribution in [0.2, 0.25) is 0 Å². The molecule has 1 N–H and O–H groups in total. The van der Waals surface area contributed by atoms with E-state index in [9.17, 15) is 18.4 Å². The summed E-state index contributed by atoms with van der Waals surface area (Å²) in [6.07, 6.45) is 0.848. The van der Waals surface area contributed by atoms with Gasteiger partial charge in [-0.3, -0.25) is 14.5 Å². The van der Waals surface area contributed by atoms with Gasteiger partial charge in [0.25, 0.3) is 11.8 Å². The standard InChI is InChI=1S/C22H18F2N2O2/c1-14(2)20-25-21(27)17(9-8-15-10-11-18(23)12-19(15)24)13-26(20)22(28)16-6-4-3-5-7-16/h3-7,10-14,20H,1-2H3,(H,25,27)/t20-/m0/s1. The van der Waals surface area contributed by atoms with Gasteiger partial charge in [-0.2, -0.15) is 0 Å². The lowest BCUT2D eigenvalue weighted by atomic mass is 10.0. The summed E-state index contributed by atoms with van der Waals surface area (Å²) < 4.78 is 26.8. The van der Waals surface area contributed by atoms with Crippen molar-refractivity contribution in [1.29, 1.82) is 0 Å². The summed E-state index contributed by atoms with van der Waals surface area (Å²) >= 11 is 0. The molecule has 0 bridgehead atoms. The number of rotatable bonds is 2. The summed E-state index contributed by atoms with van der Waals surface area (Å²) in [7, 11) is 0. The predicted octanol–water partition coefficient (Wildman–Crippen LogP) is 3.45. The van der Waals surface area contributed by atoms with Gasteiger partial charge in [-0.15, -0.1) is 0 Å². The fourth-order valence-corrected chi connectivity index (χ4v) is 2.78. The van der Waals surface area contributed by atoms with Crippen molar-refractivity contribution in [3.8, 4) is 11.8 Å². The summed E-state index contributed by atoms with van der Waals surface area (Å²) in [4.78, 5) is 26.7. The van der Waals surface area contributed by atoms with Gasteiger partial charge in [-0.1, -0.05) is 43.9 Å². The van der Waals surface area contributed by atoms with Crippen molar-refractivity contribution in [2.45, 2.75) is 20.0 Å². The molecule has 28 heavy (non-hydrogen) atoms. The molecule has 142 valence electrons. The molecule has 0 saturated heterocycles. The zero-order valence-electron chi connectivity index (χ0n) is 15.4. The number of amides is 2. The molecule has 0 unspecified atom stereocenters.